The molecule has 4 aromatic rings. The normalized spacial score (nSPS) is 12.6. The lowest BCUT2D eigenvalue weighted by molar-refractivity contribution is 0.686. The van der Waals surface area contributed by atoms with Crippen LogP contribution in [-0.4, -0.2) is 19.7 Å². The molecule has 2 heterocycles. The van der Waals surface area contributed by atoms with E-state index in [4.69, 9.17) is 0 Å². The standard InChI is InChI=1S/C20H20N4S/c1-3-24-19(17-13-21-18-12-8-7-11-16(17)18)22-23-20(24)25-14(2)15-9-5-4-6-10-15/h4-14,21H,3H2,1-2H3/t14-/m1/s1. The van der Waals surface area contributed by atoms with Crippen molar-refractivity contribution in [2.24, 2.45) is 0 Å². The van der Waals surface area contributed by atoms with Gasteiger partial charge >= 0.3 is 0 Å². The van der Waals surface area contributed by atoms with Crippen LogP contribution in [0.2, 0.25) is 0 Å². The van der Waals surface area contributed by atoms with Gasteiger partial charge in [0.25, 0.3) is 0 Å². The van der Waals surface area contributed by atoms with E-state index in [2.05, 4.69) is 76.1 Å². The van der Waals surface area contributed by atoms with Crippen LogP contribution in [0.3, 0.4) is 0 Å². The van der Waals surface area contributed by atoms with E-state index in [-0.39, 0.29) is 0 Å². The molecule has 126 valence electrons. The fourth-order valence-corrected chi connectivity index (χ4v) is 4.11. The average molecular weight is 348 g/mol. The second kappa shape index (κ2) is 6.76. The lowest BCUT2D eigenvalue weighted by Gasteiger charge is -2.12. The van der Waals surface area contributed by atoms with Gasteiger partial charge in [-0.3, -0.25) is 0 Å². The first-order valence-electron chi connectivity index (χ1n) is 8.49. The minimum atomic E-state index is 0.325. The summed E-state index contributed by atoms with van der Waals surface area (Å²) in [7, 11) is 0. The van der Waals surface area contributed by atoms with Crippen molar-refractivity contribution >= 4 is 22.7 Å². The van der Waals surface area contributed by atoms with E-state index in [1.54, 1.807) is 11.8 Å². The predicted octanol–water partition coefficient (Wildman–Crippen LogP) is 5.30. The SMILES string of the molecule is CCn1c(S[C@H](C)c2ccccc2)nnc1-c1c[nH]c2ccccc12. The van der Waals surface area contributed by atoms with Crippen LogP contribution in [0.4, 0.5) is 0 Å². The van der Waals surface area contributed by atoms with Crippen LogP contribution in [0, 0.1) is 0 Å². The molecule has 1 N–H and O–H groups in total. The molecule has 5 heteroatoms. The lowest BCUT2D eigenvalue weighted by atomic mass is 10.1. The molecule has 0 bridgehead atoms. The maximum atomic E-state index is 4.50. The summed E-state index contributed by atoms with van der Waals surface area (Å²) in [5.41, 5.74) is 3.52. The highest BCUT2D eigenvalue weighted by molar-refractivity contribution is 7.99. The number of para-hydroxylation sites is 1. The molecule has 0 aliphatic rings. The molecule has 0 amide bonds. The largest absolute Gasteiger partial charge is 0.360 e. The number of fused-ring (bicyclic) bond motifs is 1. The van der Waals surface area contributed by atoms with Gasteiger partial charge in [-0.2, -0.15) is 0 Å². The fourth-order valence-electron chi connectivity index (χ4n) is 3.07. The van der Waals surface area contributed by atoms with Crippen LogP contribution in [0.25, 0.3) is 22.3 Å². The Bertz CT molecular complexity index is 987. The first kappa shape index (κ1) is 16.0. The van der Waals surface area contributed by atoms with Gasteiger partial charge in [-0.25, -0.2) is 0 Å². The van der Waals surface area contributed by atoms with Gasteiger partial charge in [-0.15, -0.1) is 10.2 Å². The van der Waals surface area contributed by atoms with Gasteiger partial charge in [0.1, 0.15) is 0 Å². The zero-order chi connectivity index (χ0) is 17.2. The summed E-state index contributed by atoms with van der Waals surface area (Å²) in [4.78, 5) is 3.33. The molecule has 0 aliphatic heterocycles. The smallest absolute Gasteiger partial charge is 0.192 e. The summed E-state index contributed by atoms with van der Waals surface area (Å²) in [6, 6.07) is 18.8. The Balaban J connectivity index is 1.70. The number of H-pyrrole nitrogens is 1. The quantitative estimate of drug-likeness (QED) is 0.498. The van der Waals surface area contributed by atoms with Crippen LogP contribution in [0.5, 0.6) is 0 Å². The zero-order valence-corrected chi connectivity index (χ0v) is 15.1. The Labute approximate surface area is 151 Å². The Hall–Kier alpha value is -2.53. The highest BCUT2D eigenvalue weighted by Gasteiger charge is 2.18. The van der Waals surface area contributed by atoms with Gasteiger partial charge in [-0.1, -0.05) is 60.3 Å². The zero-order valence-electron chi connectivity index (χ0n) is 14.3. The minimum absolute atomic E-state index is 0.325. The summed E-state index contributed by atoms with van der Waals surface area (Å²) in [5, 5.41) is 11.4. The van der Waals surface area contributed by atoms with Crippen molar-refractivity contribution in [1.82, 2.24) is 19.7 Å². The molecule has 1 atom stereocenters. The number of aromatic nitrogens is 4. The summed E-state index contributed by atoms with van der Waals surface area (Å²) >= 11 is 1.75. The van der Waals surface area contributed by atoms with Gasteiger partial charge < -0.3 is 9.55 Å². The van der Waals surface area contributed by atoms with Crippen LogP contribution < -0.4 is 0 Å². The van der Waals surface area contributed by atoms with E-state index in [0.717, 1.165) is 28.6 Å². The number of nitrogens with one attached hydrogen (secondary N) is 1. The lowest BCUT2D eigenvalue weighted by Crippen LogP contribution is -2.00. The summed E-state index contributed by atoms with van der Waals surface area (Å²) in [5.74, 6) is 0.919. The van der Waals surface area contributed by atoms with Crippen LogP contribution in [0.1, 0.15) is 24.7 Å². The monoisotopic (exact) mass is 348 g/mol. The van der Waals surface area contributed by atoms with Crippen molar-refractivity contribution in [3.63, 3.8) is 0 Å². The molecule has 0 saturated heterocycles. The number of aromatic amines is 1. The number of nitrogens with zero attached hydrogens (tertiary/aromatic N) is 3. The second-order valence-electron chi connectivity index (χ2n) is 5.97. The van der Waals surface area contributed by atoms with E-state index in [0.29, 0.717) is 5.25 Å². The van der Waals surface area contributed by atoms with E-state index in [9.17, 15) is 0 Å². The van der Waals surface area contributed by atoms with Crippen LogP contribution in [0.15, 0.2) is 66.0 Å². The molecule has 0 fully saturated rings. The summed E-state index contributed by atoms with van der Waals surface area (Å²) in [6.07, 6.45) is 2.02. The maximum absolute atomic E-state index is 4.50. The van der Waals surface area contributed by atoms with Gasteiger partial charge in [0, 0.05) is 34.5 Å². The number of hydrogen-bond donors (Lipinski definition) is 1. The second-order valence-corrected chi connectivity index (χ2v) is 7.28. The van der Waals surface area contributed by atoms with E-state index in [1.165, 1.54) is 10.9 Å². The van der Waals surface area contributed by atoms with Gasteiger partial charge in [0.15, 0.2) is 11.0 Å². The number of hydrogen-bond acceptors (Lipinski definition) is 3. The minimum Gasteiger partial charge on any atom is -0.360 e. The van der Waals surface area contributed by atoms with E-state index >= 15 is 0 Å². The Morgan fingerprint density at radius 3 is 2.60 bits per heavy atom. The number of benzene rings is 2. The molecule has 2 aromatic heterocycles. The van der Waals surface area contributed by atoms with Crippen LogP contribution in [-0.2, 0) is 6.54 Å². The summed E-state index contributed by atoms with van der Waals surface area (Å²) < 4.78 is 2.19. The van der Waals surface area contributed by atoms with Crippen molar-refractivity contribution in [3.8, 4) is 11.4 Å². The topological polar surface area (TPSA) is 46.5 Å². The highest BCUT2D eigenvalue weighted by atomic mass is 32.2. The van der Waals surface area contributed by atoms with E-state index < -0.39 is 0 Å². The third-order valence-electron chi connectivity index (χ3n) is 4.41. The summed E-state index contributed by atoms with van der Waals surface area (Å²) in [6.45, 7) is 5.19. The maximum Gasteiger partial charge on any atom is 0.192 e. The first-order valence-corrected chi connectivity index (χ1v) is 9.37. The van der Waals surface area contributed by atoms with Crippen molar-refractivity contribution in [2.75, 3.05) is 0 Å². The number of rotatable bonds is 5. The first-order chi connectivity index (χ1) is 12.3. The molecule has 0 aliphatic carbocycles. The predicted molar refractivity (Wildman–Crippen MR) is 104 cm³/mol. The van der Waals surface area contributed by atoms with Gasteiger partial charge in [0.05, 0.1) is 0 Å². The third kappa shape index (κ3) is 2.96. The van der Waals surface area contributed by atoms with Crippen molar-refractivity contribution in [2.45, 2.75) is 30.8 Å². The molecule has 0 saturated carbocycles. The Morgan fingerprint density at radius 2 is 1.80 bits per heavy atom. The third-order valence-corrected chi connectivity index (χ3v) is 5.55. The van der Waals surface area contributed by atoms with Crippen molar-refractivity contribution in [3.05, 3.63) is 66.4 Å². The molecule has 0 radical (unpaired) electrons. The van der Waals surface area contributed by atoms with Crippen molar-refractivity contribution in [1.29, 1.82) is 0 Å². The van der Waals surface area contributed by atoms with Crippen molar-refractivity contribution < 1.29 is 0 Å². The fraction of sp³-hybridized carbons (Fsp3) is 0.200. The Kier molecular flexibility index (Phi) is 4.32. The molecule has 2 aromatic carbocycles. The Morgan fingerprint density at radius 1 is 1.04 bits per heavy atom. The van der Waals surface area contributed by atoms with E-state index in [1.807, 2.05) is 18.3 Å². The molecule has 0 spiro atoms. The molecule has 0 unspecified atom stereocenters. The average Bonchev–Trinajstić information content (AvgIpc) is 3.25. The molecule has 4 nitrogen and oxygen atoms in total. The van der Waals surface area contributed by atoms with Gasteiger partial charge in [-0.05, 0) is 25.5 Å². The molecule has 4 rings (SSSR count). The highest BCUT2D eigenvalue weighted by Crippen LogP contribution is 2.36. The molecule has 25 heavy (non-hydrogen) atoms. The number of thioether (sulfide) groups is 1. The molecular weight excluding hydrogens is 328 g/mol. The molecular formula is C20H20N4S. The van der Waals surface area contributed by atoms with Crippen LogP contribution >= 0.6 is 11.8 Å². The van der Waals surface area contributed by atoms with Gasteiger partial charge in [0.2, 0.25) is 0 Å².